The van der Waals surface area contributed by atoms with Gasteiger partial charge in [0.1, 0.15) is 11.5 Å². The molecule has 0 saturated carbocycles. The van der Waals surface area contributed by atoms with Crippen molar-refractivity contribution < 1.29 is 0 Å². The standard InChI is InChI=1S/C25H34N4/c1-4-6-15-26-25-13-9-12-24(28-25)23(5-2)27-17-20(3)18-29-16-14-21-10-7-8-11-22(21)19-29/h7-13,20,27H,2,4,6,14-19H2,1,3H3,(H,26,28). The van der Waals surface area contributed by atoms with Crippen molar-refractivity contribution in [2.75, 3.05) is 31.5 Å². The predicted molar refractivity (Wildman–Crippen MR) is 123 cm³/mol. The van der Waals surface area contributed by atoms with E-state index in [4.69, 9.17) is 4.98 Å². The van der Waals surface area contributed by atoms with Gasteiger partial charge in [0.05, 0.1) is 5.69 Å². The molecule has 154 valence electrons. The largest absolute Gasteiger partial charge is 0.377 e. The van der Waals surface area contributed by atoms with Crippen LogP contribution in [0.3, 0.4) is 0 Å². The van der Waals surface area contributed by atoms with Gasteiger partial charge in [0, 0.05) is 32.7 Å². The molecular formula is C25H34N4. The van der Waals surface area contributed by atoms with Crippen LogP contribution >= 0.6 is 0 Å². The van der Waals surface area contributed by atoms with Crippen molar-refractivity contribution in [2.24, 2.45) is 5.92 Å². The van der Waals surface area contributed by atoms with Gasteiger partial charge in [-0.05, 0) is 42.0 Å². The van der Waals surface area contributed by atoms with Gasteiger partial charge in [-0.2, -0.15) is 0 Å². The molecule has 2 heterocycles. The second kappa shape index (κ2) is 10.8. The predicted octanol–water partition coefficient (Wildman–Crippen LogP) is 4.70. The summed E-state index contributed by atoms with van der Waals surface area (Å²) in [5, 5.41) is 6.90. The summed E-state index contributed by atoms with van der Waals surface area (Å²) in [6.45, 7) is 13.5. The zero-order valence-corrected chi connectivity index (χ0v) is 17.9. The molecule has 1 atom stereocenters. The lowest BCUT2D eigenvalue weighted by Crippen LogP contribution is -2.36. The lowest BCUT2D eigenvalue weighted by molar-refractivity contribution is 0.220. The fourth-order valence-electron chi connectivity index (χ4n) is 3.80. The number of rotatable bonds is 10. The molecule has 1 aromatic carbocycles. The molecule has 1 aliphatic heterocycles. The topological polar surface area (TPSA) is 40.2 Å². The molecule has 0 saturated heterocycles. The van der Waals surface area contributed by atoms with Crippen LogP contribution in [0.25, 0.3) is 5.70 Å². The van der Waals surface area contributed by atoms with E-state index in [2.05, 4.69) is 66.0 Å². The Morgan fingerprint density at radius 3 is 2.83 bits per heavy atom. The van der Waals surface area contributed by atoms with Crippen molar-refractivity contribution in [3.8, 4) is 0 Å². The molecular weight excluding hydrogens is 356 g/mol. The Hall–Kier alpha value is -2.55. The minimum Gasteiger partial charge on any atom is -0.377 e. The maximum Gasteiger partial charge on any atom is 0.126 e. The second-order valence-electron chi connectivity index (χ2n) is 7.98. The SMILES string of the molecule is C=C=C(NCC(C)CN1CCc2ccccc2C1)c1cccc(NCCCC)n1. The minimum absolute atomic E-state index is 0.523. The molecule has 1 aromatic heterocycles. The van der Waals surface area contributed by atoms with Crippen LogP contribution < -0.4 is 10.6 Å². The van der Waals surface area contributed by atoms with Crippen LogP contribution in [0.2, 0.25) is 0 Å². The van der Waals surface area contributed by atoms with E-state index < -0.39 is 0 Å². The highest BCUT2D eigenvalue weighted by Crippen LogP contribution is 2.19. The molecule has 1 aliphatic rings. The number of anilines is 1. The van der Waals surface area contributed by atoms with Crippen molar-refractivity contribution in [2.45, 2.75) is 39.7 Å². The number of pyridine rings is 1. The molecule has 0 radical (unpaired) electrons. The number of benzene rings is 1. The summed E-state index contributed by atoms with van der Waals surface area (Å²) in [5.74, 6) is 1.43. The molecule has 0 amide bonds. The fourth-order valence-corrected chi connectivity index (χ4v) is 3.80. The molecule has 2 N–H and O–H groups in total. The van der Waals surface area contributed by atoms with E-state index in [-0.39, 0.29) is 0 Å². The first kappa shape index (κ1) is 21.2. The Labute approximate surface area is 175 Å². The smallest absolute Gasteiger partial charge is 0.126 e. The quantitative estimate of drug-likeness (QED) is 0.456. The molecule has 4 nitrogen and oxygen atoms in total. The number of hydrogen-bond donors (Lipinski definition) is 2. The van der Waals surface area contributed by atoms with E-state index in [1.165, 1.54) is 17.5 Å². The van der Waals surface area contributed by atoms with E-state index in [0.717, 1.165) is 62.8 Å². The van der Waals surface area contributed by atoms with Crippen LogP contribution in [0.15, 0.2) is 54.8 Å². The van der Waals surface area contributed by atoms with Crippen LogP contribution in [-0.4, -0.2) is 36.1 Å². The van der Waals surface area contributed by atoms with Gasteiger partial charge in [-0.25, -0.2) is 4.98 Å². The average Bonchev–Trinajstić information content (AvgIpc) is 2.75. The highest BCUT2D eigenvalue weighted by atomic mass is 15.1. The molecule has 4 heteroatoms. The van der Waals surface area contributed by atoms with Gasteiger partial charge < -0.3 is 10.6 Å². The first-order chi connectivity index (χ1) is 14.2. The van der Waals surface area contributed by atoms with Crippen LogP contribution in [0.1, 0.15) is 43.5 Å². The van der Waals surface area contributed by atoms with E-state index in [1.54, 1.807) is 0 Å². The highest BCUT2D eigenvalue weighted by molar-refractivity contribution is 5.61. The maximum absolute atomic E-state index is 4.71. The van der Waals surface area contributed by atoms with Gasteiger partial charge in [-0.3, -0.25) is 4.90 Å². The van der Waals surface area contributed by atoms with Crippen molar-refractivity contribution >= 4 is 11.5 Å². The molecule has 2 aromatic rings. The maximum atomic E-state index is 4.71. The normalized spacial score (nSPS) is 14.6. The number of unbranched alkanes of at least 4 members (excludes halogenated alkanes) is 1. The van der Waals surface area contributed by atoms with Crippen molar-refractivity contribution in [3.63, 3.8) is 0 Å². The van der Waals surface area contributed by atoms with E-state index in [1.807, 2.05) is 18.2 Å². The summed E-state index contributed by atoms with van der Waals surface area (Å²) in [4.78, 5) is 7.27. The van der Waals surface area contributed by atoms with Crippen molar-refractivity contribution in [3.05, 3.63) is 71.6 Å². The zero-order valence-electron chi connectivity index (χ0n) is 17.9. The molecule has 0 bridgehead atoms. The van der Waals surface area contributed by atoms with Crippen LogP contribution in [-0.2, 0) is 13.0 Å². The highest BCUT2D eigenvalue weighted by Gasteiger charge is 2.17. The van der Waals surface area contributed by atoms with Gasteiger partial charge in [0.2, 0.25) is 0 Å². The van der Waals surface area contributed by atoms with E-state index in [9.17, 15) is 0 Å². The van der Waals surface area contributed by atoms with Gasteiger partial charge in [-0.1, -0.05) is 57.2 Å². The van der Waals surface area contributed by atoms with Crippen LogP contribution in [0, 0.1) is 5.92 Å². The summed E-state index contributed by atoms with van der Waals surface area (Å²) in [6.07, 6.45) is 3.47. The minimum atomic E-state index is 0.523. The number of hydrogen-bond acceptors (Lipinski definition) is 4. The van der Waals surface area contributed by atoms with Crippen molar-refractivity contribution in [1.82, 2.24) is 15.2 Å². The third kappa shape index (κ3) is 6.22. The molecule has 0 aliphatic carbocycles. The molecule has 3 rings (SSSR count). The Morgan fingerprint density at radius 1 is 1.21 bits per heavy atom. The molecule has 1 unspecified atom stereocenters. The van der Waals surface area contributed by atoms with Gasteiger partial charge in [0.15, 0.2) is 0 Å². The Morgan fingerprint density at radius 2 is 2.03 bits per heavy atom. The van der Waals surface area contributed by atoms with Gasteiger partial charge in [-0.15, -0.1) is 5.73 Å². The third-order valence-electron chi connectivity index (χ3n) is 5.43. The first-order valence-electron chi connectivity index (χ1n) is 10.8. The van der Waals surface area contributed by atoms with Gasteiger partial charge >= 0.3 is 0 Å². The monoisotopic (exact) mass is 390 g/mol. The van der Waals surface area contributed by atoms with E-state index >= 15 is 0 Å². The summed E-state index contributed by atoms with van der Waals surface area (Å²) >= 11 is 0. The number of aromatic nitrogens is 1. The summed E-state index contributed by atoms with van der Waals surface area (Å²) in [6, 6.07) is 14.9. The van der Waals surface area contributed by atoms with Crippen molar-refractivity contribution in [1.29, 1.82) is 0 Å². The third-order valence-corrected chi connectivity index (χ3v) is 5.43. The van der Waals surface area contributed by atoms with Crippen LogP contribution in [0.5, 0.6) is 0 Å². The lowest BCUT2D eigenvalue weighted by Gasteiger charge is -2.31. The molecule has 0 fully saturated rings. The lowest BCUT2D eigenvalue weighted by atomic mass is 9.99. The number of nitrogens with one attached hydrogen (secondary N) is 2. The number of fused-ring (bicyclic) bond motifs is 1. The second-order valence-corrected chi connectivity index (χ2v) is 7.98. The summed E-state index contributed by atoms with van der Waals surface area (Å²) in [5.41, 5.74) is 7.78. The molecule has 29 heavy (non-hydrogen) atoms. The Bertz CT molecular complexity index is 838. The number of nitrogens with zero attached hydrogens (tertiary/aromatic N) is 2. The first-order valence-corrected chi connectivity index (χ1v) is 10.8. The molecule has 0 spiro atoms. The average molecular weight is 391 g/mol. The Kier molecular flexibility index (Phi) is 7.92. The summed E-state index contributed by atoms with van der Waals surface area (Å²) in [7, 11) is 0. The zero-order chi connectivity index (χ0) is 20.5. The fraction of sp³-hybridized carbons (Fsp3) is 0.440. The summed E-state index contributed by atoms with van der Waals surface area (Å²) < 4.78 is 0. The van der Waals surface area contributed by atoms with E-state index in [0.29, 0.717) is 5.92 Å². The van der Waals surface area contributed by atoms with Gasteiger partial charge in [0.25, 0.3) is 0 Å². The Balaban J connectivity index is 1.50. The van der Waals surface area contributed by atoms with Crippen LogP contribution in [0.4, 0.5) is 5.82 Å².